The molecule has 5 heteroatoms. The summed E-state index contributed by atoms with van der Waals surface area (Å²) in [5, 5.41) is 1.99. The van der Waals surface area contributed by atoms with Gasteiger partial charge in [-0.3, -0.25) is 9.69 Å². The number of rotatable bonds is 3. The van der Waals surface area contributed by atoms with E-state index in [-0.39, 0.29) is 5.91 Å². The van der Waals surface area contributed by atoms with Crippen LogP contribution in [0.4, 0.5) is 0 Å². The molecular weight excluding hydrogens is 318 g/mol. The van der Waals surface area contributed by atoms with Crippen LogP contribution in [-0.4, -0.2) is 46.5 Å². The smallest absolute Gasteiger partial charge is 0.263 e. The molecule has 0 bridgehead atoms. The normalized spacial score (nSPS) is 24.8. The molecule has 1 spiro atoms. The fourth-order valence-corrected chi connectivity index (χ4v) is 5.01. The summed E-state index contributed by atoms with van der Waals surface area (Å²) in [4.78, 5) is 18.2. The van der Waals surface area contributed by atoms with E-state index in [1.165, 1.54) is 18.5 Å². The predicted molar refractivity (Wildman–Crippen MR) is 97.2 cm³/mol. The summed E-state index contributed by atoms with van der Waals surface area (Å²) < 4.78 is 2.21. The summed E-state index contributed by atoms with van der Waals surface area (Å²) in [5.74, 6) is 0.227. The molecule has 2 saturated heterocycles. The second kappa shape index (κ2) is 6.37. The van der Waals surface area contributed by atoms with Gasteiger partial charge in [0.2, 0.25) is 0 Å². The molecule has 2 aliphatic rings. The van der Waals surface area contributed by atoms with Gasteiger partial charge in [-0.2, -0.15) is 0 Å². The van der Waals surface area contributed by atoms with Crippen LogP contribution in [0.1, 0.15) is 34.6 Å². The molecule has 0 aliphatic carbocycles. The van der Waals surface area contributed by atoms with Crippen molar-refractivity contribution in [2.75, 3.05) is 26.2 Å². The third-order valence-corrected chi connectivity index (χ3v) is 6.49. The number of hydrogen-bond acceptors (Lipinski definition) is 3. The van der Waals surface area contributed by atoms with Gasteiger partial charge in [-0.05, 0) is 49.4 Å². The number of nitrogens with zero attached hydrogens (tertiary/aromatic N) is 3. The van der Waals surface area contributed by atoms with Gasteiger partial charge < -0.3 is 9.47 Å². The minimum Gasteiger partial charge on any atom is -0.353 e. The average Bonchev–Trinajstić information content (AvgIpc) is 3.31. The zero-order chi connectivity index (χ0) is 16.6. The topological polar surface area (TPSA) is 28.5 Å². The highest BCUT2D eigenvalue weighted by molar-refractivity contribution is 7.12. The average molecular weight is 343 g/mol. The van der Waals surface area contributed by atoms with Crippen molar-refractivity contribution in [2.24, 2.45) is 12.5 Å². The lowest BCUT2D eigenvalue weighted by Gasteiger charge is -2.40. The van der Waals surface area contributed by atoms with Crippen LogP contribution < -0.4 is 0 Å². The van der Waals surface area contributed by atoms with E-state index in [2.05, 4.69) is 39.7 Å². The Morgan fingerprint density at radius 2 is 2.12 bits per heavy atom. The lowest BCUT2D eigenvalue weighted by Crippen LogP contribution is -2.47. The van der Waals surface area contributed by atoms with Gasteiger partial charge in [-0.25, -0.2) is 0 Å². The van der Waals surface area contributed by atoms with Crippen molar-refractivity contribution in [3.8, 4) is 0 Å². The van der Waals surface area contributed by atoms with Gasteiger partial charge in [-0.1, -0.05) is 6.07 Å². The zero-order valence-electron chi connectivity index (χ0n) is 14.3. The molecule has 1 amide bonds. The second-order valence-corrected chi connectivity index (χ2v) is 8.33. The van der Waals surface area contributed by atoms with Crippen LogP contribution in [0.25, 0.3) is 0 Å². The van der Waals surface area contributed by atoms with Crippen molar-refractivity contribution in [3.05, 3.63) is 46.4 Å². The summed E-state index contributed by atoms with van der Waals surface area (Å²) in [5.41, 5.74) is 1.67. The molecule has 0 radical (unpaired) electrons. The van der Waals surface area contributed by atoms with Gasteiger partial charge >= 0.3 is 0 Å². The van der Waals surface area contributed by atoms with E-state index in [9.17, 15) is 4.79 Å². The maximum atomic E-state index is 12.7. The molecule has 0 unspecified atom stereocenters. The number of carbonyl (C=O) groups is 1. The Morgan fingerprint density at radius 1 is 1.21 bits per heavy atom. The number of thiophene rings is 1. The fraction of sp³-hybridized carbons (Fsp3) is 0.526. The van der Waals surface area contributed by atoms with Crippen LogP contribution in [0.15, 0.2) is 35.8 Å². The van der Waals surface area contributed by atoms with Crippen LogP contribution in [0.3, 0.4) is 0 Å². The number of likely N-dealkylation sites (tertiary alicyclic amines) is 2. The summed E-state index contributed by atoms with van der Waals surface area (Å²) in [7, 11) is 2.11. The monoisotopic (exact) mass is 343 g/mol. The van der Waals surface area contributed by atoms with Crippen molar-refractivity contribution in [2.45, 2.75) is 25.8 Å². The van der Waals surface area contributed by atoms with E-state index < -0.39 is 0 Å². The summed E-state index contributed by atoms with van der Waals surface area (Å²) in [6.07, 6.45) is 5.72. The highest BCUT2D eigenvalue weighted by Crippen LogP contribution is 2.40. The SMILES string of the molecule is Cn1cccc1CN1CC[C@@]2(CCCN(C(=O)c3cccs3)C2)C1. The maximum absolute atomic E-state index is 12.7. The molecule has 4 heterocycles. The highest BCUT2D eigenvalue weighted by atomic mass is 32.1. The summed E-state index contributed by atoms with van der Waals surface area (Å²) in [6, 6.07) is 8.24. The Hall–Kier alpha value is -1.59. The number of aromatic nitrogens is 1. The summed E-state index contributed by atoms with van der Waals surface area (Å²) >= 11 is 1.56. The van der Waals surface area contributed by atoms with E-state index in [1.54, 1.807) is 11.3 Å². The molecule has 0 aromatic carbocycles. The quantitative estimate of drug-likeness (QED) is 0.856. The van der Waals surface area contributed by atoms with E-state index in [1.807, 2.05) is 17.5 Å². The first kappa shape index (κ1) is 15.9. The number of amides is 1. The molecule has 2 aliphatic heterocycles. The largest absolute Gasteiger partial charge is 0.353 e. The van der Waals surface area contributed by atoms with Crippen LogP contribution in [-0.2, 0) is 13.6 Å². The maximum Gasteiger partial charge on any atom is 0.263 e. The number of carbonyl (C=O) groups excluding carboxylic acids is 1. The third-order valence-electron chi connectivity index (χ3n) is 5.63. The van der Waals surface area contributed by atoms with Crippen LogP contribution in [0, 0.1) is 5.41 Å². The molecule has 24 heavy (non-hydrogen) atoms. The van der Waals surface area contributed by atoms with Crippen LogP contribution >= 0.6 is 11.3 Å². The van der Waals surface area contributed by atoms with E-state index >= 15 is 0 Å². The van der Waals surface area contributed by atoms with Crippen molar-refractivity contribution >= 4 is 17.2 Å². The Balaban J connectivity index is 1.42. The molecule has 2 fully saturated rings. The molecule has 2 aromatic heterocycles. The standard InChI is InChI=1S/C19H25N3OS/c1-20-9-2-5-16(20)13-21-11-8-19(14-21)7-4-10-22(15-19)18(23)17-6-3-12-24-17/h2-3,5-6,9,12H,4,7-8,10-11,13-15H2,1H3/t19-/m0/s1. The van der Waals surface area contributed by atoms with Crippen molar-refractivity contribution < 1.29 is 4.79 Å². The van der Waals surface area contributed by atoms with Crippen LogP contribution in [0.5, 0.6) is 0 Å². The first-order chi connectivity index (χ1) is 11.7. The van der Waals surface area contributed by atoms with Gasteiger partial charge in [0.05, 0.1) is 4.88 Å². The number of hydrogen-bond donors (Lipinski definition) is 0. The molecule has 128 valence electrons. The first-order valence-electron chi connectivity index (χ1n) is 8.81. The molecular formula is C19H25N3OS. The molecule has 1 atom stereocenters. The predicted octanol–water partition coefficient (Wildman–Crippen LogP) is 3.21. The summed E-state index contributed by atoms with van der Waals surface area (Å²) in [6.45, 7) is 5.12. The van der Waals surface area contributed by atoms with E-state index in [0.717, 1.165) is 44.0 Å². The van der Waals surface area contributed by atoms with Gasteiger partial charge in [0, 0.05) is 50.5 Å². The molecule has 4 nitrogen and oxygen atoms in total. The minimum absolute atomic E-state index is 0.227. The van der Waals surface area contributed by atoms with E-state index in [0.29, 0.717) is 5.41 Å². The molecule has 0 N–H and O–H groups in total. The van der Waals surface area contributed by atoms with Gasteiger partial charge in [-0.15, -0.1) is 11.3 Å². The van der Waals surface area contributed by atoms with Gasteiger partial charge in [0.25, 0.3) is 5.91 Å². The second-order valence-electron chi connectivity index (χ2n) is 7.38. The van der Waals surface area contributed by atoms with Crippen molar-refractivity contribution in [3.63, 3.8) is 0 Å². The zero-order valence-corrected chi connectivity index (χ0v) is 15.1. The Kier molecular flexibility index (Phi) is 4.22. The Morgan fingerprint density at radius 3 is 2.88 bits per heavy atom. The fourth-order valence-electron chi connectivity index (χ4n) is 4.32. The minimum atomic E-state index is 0.227. The van der Waals surface area contributed by atoms with E-state index in [4.69, 9.17) is 0 Å². The highest BCUT2D eigenvalue weighted by Gasteiger charge is 2.42. The molecule has 0 saturated carbocycles. The van der Waals surface area contributed by atoms with Gasteiger partial charge in [0.15, 0.2) is 0 Å². The van der Waals surface area contributed by atoms with Crippen molar-refractivity contribution in [1.82, 2.24) is 14.4 Å². The Bertz CT molecular complexity index is 708. The lowest BCUT2D eigenvalue weighted by atomic mass is 9.79. The number of aryl methyl sites for hydroxylation is 1. The third kappa shape index (κ3) is 3.03. The first-order valence-corrected chi connectivity index (χ1v) is 9.69. The molecule has 2 aromatic rings. The number of piperidine rings is 1. The van der Waals surface area contributed by atoms with Crippen molar-refractivity contribution in [1.29, 1.82) is 0 Å². The molecule has 4 rings (SSSR count). The Labute approximate surface area is 147 Å². The lowest BCUT2D eigenvalue weighted by molar-refractivity contribution is 0.0531. The van der Waals surface area contributed by atoms with Gasteiger partial charge in [0.1, 0.15) is 0 Å². The van der Waals surface area contributed by atoms with Crippen LogP contribution in [0.2, 0.25) is 0 Å².